The summed E-state index contributed by atoms with van der Waals surface area (Å²) in [6.45, 7) is 5.10. The zero-order valence-corrected chi connectivity index (χ0v) is 28.0. The van der Waals surface area contributed by atoms with Crippen LogP contribution in [0.15, 0.2) is 78.1 Å². The van der Waals surface area contributed by atoms with Crippen molar-refractivity contribution in [2.75, 3.05) is 53.4 Å². The summed E-state index contributed by atoms with van der Waals surface area (Å²) < 4.78 is 0. The van der Waals surface area contributed by atoms with Gasteiger partial charge in [0.05, 0.1) is 24.5 Å². The van der Waals surface area contributed by atoms with E-state index in [-0.39, 0.29) is 30.4 Å². The molecule has 3 heterocycles. The summed E-state index contributed by atoms with van der Waals surface area (Å²) in [6.07, 6.45) is 5.44. The van der Waals surface area contributed by atoms with Gasteiger partial charge in [-0.05, 0) is 68.1 Å². The molecule has 3 amide bonds. The Morgan fingerprint density at radius 2 is 1.74 bits per heavy atom. The van der Waals surface area contributed by atoms with Gasteiger partial charge >= 0.3 is 6.03 Å². The van der Waals surface area contributed by atoms with Crippen molar-refractivity contribution in [3.05, 3.63) is 99.8 Å². The molecule has 2 saturated heterocycles. The molecule has 1 aromatic heterocycles. The Morgan fingerprint density at radius 3 is 2.41 bits per heavy atom. The molecule has 2 fully saturated rings. The van der Waals surface area contributed by atoms with Crippen molar-refractivity contribution in [2.45, 2.75) is 44.2 Å². The van der Waals surface area contributed by atoms with Crippen LogP contribution in [0.2, 0.25) is 10.0 Å². The van der Waals surface area contributed by atoms with Gasteiger partial charge in [0.2, 0.25) is 0 Å². The maximum absolute atomic E-state index is 13.4. The first-order valence-corrected chi connectivity index (χ1v) is 16.6. The highest BCUT2D eigenvalue weighted by Gasteiger charge is 2.34. The van der Waals surface area contributed by atoms with Crippen LogP contribution in [0, 0.1) is 0 Å². The number of rotatable bonds is 12. The number of piperidine rings is 1. The standard InChI is InChI=1S/C35H42Cl2N6O3/c1-40(34(44)27-21-28(36)23-29(37)22-27)25-33(39-46-2)32(26-9-4-3-5-10-26)14-20-41-18-12-31(13-19-41)43-17-8-16-42(35(43)45)24-30-11-6-7-15-38-30/h3-7,9-11,15,21-23,31-32H,8,12-14,16-20,24-25H2,1-2H3/b39-33+. The molecule has 2 aliphatic heterocycles. The zero-order valence-electron chi connectivity index (χ0n) is 26.5. The number of nitrogens with zero attached hydrogens (tertiary/aromatic N) is 6. The summed E-state index contributed by atoms with van der Waals surface area (Å²) in [5, 5.41) is 5.25. The number of hydrogen-bond donors (Lipinski definition) is 0. The van der Waals surface area contributed by atoms with E-state index in [4.69, 9.17) is 28.0 Å². The van der Waals surface area contributed by atoms with Gasteiger partial charge in [-0.15, -0.1) is 0 Å². The second kappa shape index (κ2) is 16.3. The number of aromatic nitrogens is 1. The van der Waals surface area contributed by atoms with Gasteiger partial charge in [0.25, 0.3) is 5.91 Å². The van der Waals surface area contributed by atoms with Crippen molar-refractivity contribution in [1.82, 2.24) is 24.6 Å². The van der Waals surface area contributed by atoms with Gasteiger partial charge in [-0.3, -0.25) is 9.78 Å². The average Bonchev–Trinajstić information content (AvgIpc) is 3.06. The molecule has 0 N–H and O–H groups in total. The van der Waals surface area contributed by atoms with Gasteiger partial charge in [0.1, 0.15) is 7.11 Å². The number of carbonyl (C=O) groups excluding carboxylic acids is 2. The lowest BCUT2D eigenvalue weighted by Gasteiger charge is -2.43. The summed E-state index contributed by atoms with van der Waals surface area (Å²) in [6, 6.07) is 21.3. The van der Waals surface area contributed by atoms with Gasteiger partial charge in [0.15, 0.2) is 0 Å². The fourth-order valence-electron chi connectivity index (χ4n) is 6.49. The van der Waals surface area contributed by atoms with Crippen LogP contribution in [0.4, 0.5) is 4.79 Å². The second-order valence-corrected chi connectivity index (χ2v) is 12.9. The molecule has 0 saturated carbocycles. The third-order valence-electron chi connectivity index (χ3n) is 8.82. The molecule has 11 heteroatoms. The Balaban J connectivity index is 1.20. The van der Waals surface area contributed by atoms with Crippen LogP contribution in [-0.4, -0.2) is 102 Å². The van der Waals surface area contributed by atoms with E-state index >= 15 is 0 Å². The SMILES string of the molecule is CO/N=C(\CN(C)C(=O)c1cc(Cl)cc(Cl)c1)C(CCN1CCC(N2CCCN(Cc3ccccn3)C2=O)CC1)c1ccccc1. The summed E-state index contributed by atoms with van der Waals surface area (Å²) in [4.78, 5) is 44.6. The number of benzene rings is 2. The van der Waals surface area contributed by atoms with Gasteiger partial charge in [-0.25, -0.2) is 4.79 Å². The summed E-state index contributed by atoms with van der Waals surface area (Å²) >= 11 is 12.3. The molecule has 9 nitrogen and oxygen atoms in total. The Kier molecular flexibility index (Phi) is 11.9. The molecule has 5 rings (SSSR count). The number of halogens is 2. The number of carbonyl (C=O) groups is 2. The third kappa shape index (κ3) is 8.78. The molecule has 244 valence electrons. The monoisotopic (exact) mass is 664 g/mol. The molecule has 0 spiro atoms. The molecule has 46 heavy (non-hydrogen) atoms. The fraction of sp³-hybridized carbons (Fsp3) is 0.429. The fourth-order valence-corrected chi connectivity index (χ4v) is 7.01. The molecule has 2 aromatic carbocycles. The first kappa shape index (κ1) is 33.7. The van der Waals surface area contributed by atoms with Crippen molar-refractivity contribution in [3.63, 3.8) is 0 Å². The quantitative estimate of drug-likeness (QED) is 0.165. The highest BCUT2D eigenvalue weighted by atomic mass is 35.5. The zero-order chi connectivity index (χ0) is 32.5. The van der Waals surface area contributed by atoms with E-state index in [1.807, 2.05) is 41.3 Å². The molecule has 0 aliphatic carbocycles. The molecule has 2 aliphatic rings. The smallest absolute Gasteiger partial charge is 0.320 e. The number of likely N-dealkylation sites (tertiary alicyclic amines) is 1. The molecule has 0 bridgehead atoms. The van der Waals surface area contributed by atoms with Gasteiger partial charge in [-0.1, -0.05) is 64.8 Å². The number of urea groups is 1. The second-order valence-electron chi connectivity index (χ2n) is 12.0. The predicted octanol–water partition coefficient (Wildman–Crippen LogP) is 6.43. The van der Waals surface area contributed by atoms with E-state index < -0.39 is 0 Å². The van der Waals surface area contributed by atoms with E-state index in [1.54, 1.807) is 36.3 Å². The van der Waals surface area contributed by atoms with Crippen LogP contribution < -0.4 is 0 Å². The highest BCUT2D eigenvalue weighted by Crippen LogP contribution is 2.27. The van der Waals surface area contributed by atoms with Crippen molar-refractivity contribution in [3.8, 4) is 0 Å². The molecular formula is C35H42Cl2N6O3. The van der Waals surface area contributed by atoms with Crippen molar-refractivity contribution < 1.29 is 14.4 Å². The highest BCUT2D eigenvalue weighted by molar-refractivity contribution is 6.35. The number of amides is 3. The largest absolute Gasteiger partial charge is 0.399 e. The Morgan fingerprint density at radius 1 is 1.02 bits per heavy atom. The molecular weight excluding hydrogens is 623 g/mol. The number of pyridine rings is 1. The molecule has 0 radical (unpaired) electrons. The summed E-state index contributed by atoms with van der Waals surface area (Å²) in [5.41, 5.74) is 3.22. The van der Waals surface area contributed by atoms with Crippen molar-refractivity contribution >= 4 is 40.9 Å². The number of hydrogen-bond acceptors (Lipinski definition) is 6. The van der Waals surface area contributed by atoms with E-state index in [9.17, 15) is 9.59 Å². The maximum atomic E-state index is 13.4. The molecule has 1 atom stereocenters. The van der Waals surface area contributed by atoms with Crippen LogP contribution in [0.3, 0.4) is 0 Å². The van der Waals surface area contributed by atoms with E-state index in [0.717, 1.165) is 75.4 Å². The number of oxime groups is 1. The summed E-state index contributed by atoms with van der Waals surface area (Å²) in [7, 11) is 3.28. The van der Waals surface area contributed by atoms with Gasteiger partial charge in [0, 0.05) is 67.0 Å². The average molecular weight is 666 g/mol. The summed E-state index contributed by atoms with van der Waals surface area (Å²) in [5.74, 6) is -0.256. The first-order chi connectivity index (χ1) is 22.3. The van der Waals surface area contributed by atoms with Crippen molar-refractivity contribution in [1.29, 1.82) is 0 Å². The van der Waals surface area contributed by atoms with E-state index in [1.165, 1.54) is 7.11 Å². The maximum Gasteiger partial charge on any atom is 0.320 e. The minimum atomic E-state index is -0.201. The first-order valence-electron chi connectivity index (χ1n) is 15.9. The minimum Gasteiger partial charge on any atom is -0.399 e. The van der Waals surface area contributed by atoms with E-state index in [0.29, 0.717) is 22.2 Å². The normalized spacial score (nSPS) is 17.2. The molecule has 1 unspecified atom stereocenters. The van der Waals surface area contributed by atoms with Crippen molar-refractivity contribution in [2.24, 2.45) is 5.16 Å². The Hall–Kier alpha value is -3.66. The Bertz CT molecular complexity index is 1460. The lowest BCUT2D eigenvalue weighted by Crippen LogP contribution is -2.55. The lowest BCUT2D eigenvalue weighted by molar-refractivity contribution is 0.0757. The molecule has 3 aromatic rings. The van der Waals surface area contributed by atoms with Crippen LogP contribution in [0.25, 0.3) is 0 Å². The Labute approximate surface area is 281 Å². The van der Waals surface area contributed by atoms with Gasteiger partial charge < -0.3 is 24.4 Å². The minimum absolute atomic E-state index is 0.0547. The van der Waals surface area contributed by atoms with Crippen LogP contribution in [0.1, 0.15) is 53.2 Å². The topological polar surface area (TPSA) is 81.6 Å². The lowest BCUT2D eigenvalue weighted by atomic mass is 9.89. The van der Waals surface area contributed by atoms with Gasteiger partial charge in [-0.2, -0.15) is 0 Å². The van der Waals surface area contributed by atoms with Crippen LogP contribution >= 0.6 is 23.2 Å². The van der Waals surface area contributed by atoms with Crippen LogP contribution in [0.5, 0.6) is 0 Å². The third-order valence-corrected chi connectivity index (χ3v) is 9.26. The van der Waals surface area contributed by atoms with Crippen LogP contribution in [-0.2, 0) is 11.4 Å². The predicted molar refractivity (Wildman–Crippen MR) is 182 cm³/mol. The van der Waals surface area contributed by atoms with E-state index in [2.05, 4.69) is 32.1 Å².